The monoisotopic (exact) mass is 328 g/mol. The Labute approximate surface area is 119 Å². The zero-order chi connectivity index (χ0) is 14.0. The molecule has 2 aromatic rings. The van der Waals surface area contributed by atoms with Gasteiger partial charge in [0.2, 0.25) is 0 Å². The quantitative estimate of drug-likeness (QED) is 0.787. The highest BCUT2D eigenvalue weighted by atomic mass is 79.9. The van der Waals surface area contributed by atoms with Gasteiger partial charge in [0.1, 0.15) is 16.4 Å². The molecule has 1 unspecified atom stereocenters. The number of hydrogen-bond acceptors (Lipinski definition) is 3. The Morgan fingerprint density at radius 1 is 1.21 bits per heavy atom. The molecule has 1 atom stereocenters. The maximum absolute atomic E-state index is 14.1. The molecule has 0 aliphatic carbocycles. The molecule has 102 valence electrons. The number of alkyl halides is 1. The predicted octanol–water partition coefficient (Wildman–Crippen LogP) is 4.23. The Bertz CT molecular complexity index is 580. The van der Waals surface area contributed by atoms with Gasteiger partial charge in [-0.2, -0.15) is 0 Å². The molecule has 0 aliphatic heterocycles. The first-order chi connectivity index (χ1) is 9.08. The van der Waals surface area contributed by atoms with Crippen LogP contribution in [0.2, 0.25) is 0 Å². The van der Waals surface area contributed by atoms with Crippen molar-refractivity contribution in [3.05, 3.63) is 47.2 Å². The summed E-state index contributed by atoms with van der Waals surface area (Å²) in [6.45, 7) is 1.91. The van der Waals surface area contributed by atoms with Crippen molar-refractivity contribution in [2.24, 2.45) is 0 Å². The Hall–Kier alpha value is -1.49. The Balaban J connectivity index is 2.48. The van der Waals surface area contributed by atoms with Crippen LogP contribution in [0.25, 0.3) is 0 Å². The topological polar surface area (TPSA) is 31.6 Å². The third-order valence-corrected chi connectivity index (χ3v) is 3.82. The van der Waals surface area contributed by atoms with Crippen molar-refractivity contribution in [1.82, 2.24) is 0 Å². The lowest BCUT2D eigenvalue weighted by molar-refractivity contribution is 0.351. The van der Waals surface area contributed by atoms with Crippen LogP contribution in [0.15, 0.2) is 28.9 Å². The van der Waals surface area contributed by atoms with E-state index in [9.17, 15) is 4.39 Å². The first kappa shape index (κ1) is 13.9. The molecule has 3 nitrogen and oxygen atoms in total. The standard InChI is InChI=1S/C14H14BrFO3/c1-8-4-5-19-14(8)13(15)9-6-11(17-2)12(18-3)7-10(9)16/h4-7,13H,1-3H3. The zero-order valence-corrected chi connectivity index (χ0v) is 12.5. The van der Waals surface area contributed by atoms with Crippen LogP contribution in [0.3, 0.4) is 0 Å². The molecule has 1 aromatic carbocycles. The minimum absolute atomic E-state index is 0.361. The fourth-order valence-electron chi connectivity index (χ4n) is 1.85. The van der Waals surface area contributed by atoms with Crippen molar-refractivity contribution in [3.63, 3.8) is 0 Å². The molecule has 5 heteroatoms. The largest absolute Gasteiger partial charge is 0.493 e. The summed E-state index contributed by atoms with van der Waals surface area (Å²) in [7, 11) is 2.99. The number of methoxy groups -OCH3 is 2. The van der Waals surface area contributed by atoms with Crippen LogP contribution in [0.4, 0.5) is 4.39 Å². The van der Waals surface area contributed by atoms with Crippen molar-refractivity contribution in [3.8, 4) is 11.5 Å². The molecule has 1 heterocycles. The normalized spacial score (nSPS) is 12.3. The summed E-state index contributed by atoms with van der Waals surface area (Å²) in [6, 6.07) is 4.75. The summed E-state index contributed by atoms with van der Waals surface area (Å²) >= 11 is 3.45. The molecule has 0 saturated heterocycles. The Morgan fingerprint density at radius 2 is 1.84 bits per heavy atom. The molecule has 19 heavy (non-hydrogen) atoms. The Morgan fingerprint density at radius 3 is 2.37 bits per heavy atom. The van der Waals surface area contributed by atoms with Crippen LogP contribution in [0.1, 0.15) is 21.7 Å². The van der Waals surface area contributed by atoms with Gasteiger partial charge in [-0.1, -0.05) is 15.9 Å². The number of aryl methyl sites for hydroxylation is 1. The number of benzene rings is 1. The molecule has 0 fully saturated rings. The second kappa shape index (κ2) is 5.65. The highest BCUT2D eigenvalue weighted by molar-refractivity contribution is 9.09. The minimum atomic E-state index is -0.379. The highest BCUT2D eigenvalue weighted by Gasteiger charge is 2.22. The van der Waals surface area contributed by atoms with Gasteiger partial charge in [-0.25, -0.2) is 4.39 Å². The SMILES string of the molecule is COc1cc(F)c(C(Br)c2occc2C)cc1OC. The highest BCUT2D eigenvalue weighted by Crippen LogP contribution is 2.39. The summed E-state index contributed by atoms with van der Waals surface area (Å²) in [6.07, 6.45) is 1.58. The van der Waals surface area contributed by atoms with Crippen LogP contribution in [-0.2, 0) is 0 Å². The van der Waals surface area contributed by atoms with Crippen LogP contribution in [-0.4, -0.2) is 14.2 Å². The zero-order valence-electron chi connectivity index (χ0n) is 10.9. The van der Waals surface area contributed by atoms with Crippen molar-refractivity contribution in [2.45, 2.75) is 11.8 Å². The van der Waals surface area contributed by atoms with Crippen LogP contribution in [0.5, 0.6) is 11.5 Å². The number of furan rings is 1. The van der Waals surface area contributed by atoms with Crippen molar-refractivity contribution < 1.29 is 18.3 Å². The second-order valence-corrected chi connectivity index (χ2v) is 4.97. The summed E-state index contributed by atoms with van der Waals surface area (Å²) in [5, 5.41) is 0. The van der Waals surface area contributed by atoms with Gasteiger partial charge < -0.3 is 13.9 Å². The van der Waals surface area contributed by atoms with Crippen molar-refractivity contribution in [1.29, 1.82) is 0 Å². The molecular formula is C14H14BrFO3. The third kappa shape index (κ3) is 2.61. The lowest BCUT2D eigenvalue weighted by Crippen LogP contribution is -2.00. The summed E-state index contributed by atoms with van der Waals surface area (Å²) < 4.78 is 29.7. The van der Waals surface area contributed by atoms with Gasteiger partial charge in [0.25, 0.3) is 0 Å². The van der Waals surface area contributed by atoms with Gasteiger partial charge in [0, 0.05) is 11.6 Å². The molecule has 1 aromatic heterocycles. The molecule has 0 aliphatic rings. The number of halogens is 2. The van der Waals surface area contributed by atoms with E-state index in [-0.39, 0.29) is 10.6 Å². The van der Waals surface area contributed by atoms with Gasteiger partial charge in [-0.15, -0.1) is 0 Å². The van der Waals surface area contributed by atoms with Crippen molar-refractivity contribution >= 4 is 15.9 Å². The first-order valence-corrected chi connectivity index (χ1v) is 6.59. The predicted molar refractivity (Wildman–Crippen MR) is 73.7 cm³/mol. The van der Waals surface area contributed by atoms with Gasteiger partial charge >= 0.3 is 0 Å². The van der Waals surface area contributed by atoms with Gasteiger partial charge in [0.05, 0.1) is 20.5 Å². The van der Waals surface area contributed by atoms with Crippen LogP contribution in [0, 0.1) is 12.7 Å². The van der Waals surface area contributed by atoms with E-state index in [0.717, 1.165) is 5.56 Å². The summed E-state index contributed by atoms with van der Waals surface area (Å²) in [4.78, 5) is -0.373. The van der Waals surface area contributed by atoms with Crippen LogP contribution < -0.4 is 9.47 Å². The minimum Gasteiger partial charge on any atom is -0.493 e. The third-order valence-electron chi connectivity index (χ3n) is 2.91. The number of rotatable bonds is 4. The van der Waals surface area contributed by atoms with E-state index < -0.39 is 0 Å². The lowest BCUT2D eigenvalue weighted by atomic mass is 10.1. The number of hydrogen-bond donors (Lipinski definition) is 0. The van der Waals surface area contributed by atoms with E-state index in [1.807, 2.05) is 13.0 Å². The number of ether oxygens (including phenoxy) is 2. The van der Waals surface area contributed by atoms with Gasteiger partial charge in [-0.05, 0) is 24.6 Å². The molecule has 0 N–H and O–H groups in total. The summed E-state index contributed by atoms with van der Waals surface area (Å²) in [5.41, 5.74) is 1.40. The van der Waals surface area contributed by atoms with E-state index in [2.05, 4.69) is 15.9 Å². The van der Waals surface area contributed by atoms with Gasteiger partial charge in [0.15, 0.2) is 11.5 Å². The van der Waals surface area contributed by atoms with E-state index in [0.29, 0.717) is 22.8 Å². The van der Waals surface area contributed by atoms with E-state index >= 15 is 0 Å². The van der Waals surface area contributed by atoms with E-state index in [1.165, 1.54) is 20.3 Å². The molecular weight excluding hydrogens is 315 g/mol. The lowest BCUT2D eigenvalue weighted by Gasteiger charge is -2.14. The van der Waals surface area contributed by atoms with E-state index in [1.54, 1.807) is 12.3 Å². The van der Waals surface area contributed by atoms with E-state index in [4.69, 9.17) is 13.9 Å². The average Bonchev–Trinajstić information content (AvgIpc) is 2.83. The van der Waals surface area contributed by atoms with Gasteiger partial charge in [-0.3, -0.25) is 0 Å². The molecule has 0 radical (unpaired) electrons. The fourth-order valence-corrected chi connectivity index (χ4v) is 2.67. The molecule has 0 saturated carbocycles. The maximum atomic E-state index is 14.1. The first-order valence-electron chi connectivity index (χ1n) is 5.68. The molecule has 0 amide bonds. The summed E-state index contributed by atoms with van der Waals surface area (Å²) in [5.74, 6) is 1.13. The Kier molecular flexibility index (Phi) is 4.14. The fraction of sp³-hybridized carbons (Fsp3) is 0.286. The second-order valence-electron chi connectivity index (χ2n) is 4.06. The molecule has 0 spiro atoms. The maximum Gasteiger partial charge on any atom is 0.163 e. The van der Waals surface area contributed by atoms with Crippen LogP contribution >= 0.6 is 15.9 Å². The molecule has 0 bridgehead atoms. The average molecular weight is 329 g/mol. The smallest absolute Gasteiger partial charge is 0.163 e. The molecule has 2 rings (SSSR count). The van der Waals surface area contributed by atoms with Crippen molar-refractivity contribution in [2.75, 3.05) is 14.2 Å².